The predicted octanol–water partition coefficient (Wildman–Crippen LogP) is 3.10. The van der Waals surface area contributed by atoms with Crippen LogP contribution < -0.4 is 11.1 Å². The van der Waals surface area contributed by atoms with Crippen molar-refractivity contribution in [2.24, 2.45) is 5.41 Å². The zero-order valence-corrected chi connectivity index (χ0v) is 12.9. The molecular formula is C16H25N3O. The average Bonchev–Trinajstić information content (AvgIpc) is 2.67. The van der Waals surface area contributed by atoms with E-state index in [9.17, 15) is 4.79 Å². The average molecular weight is 275 g/mol. The molecular weight excluding hydrogens is 250 g/mol. The SMILES string of the molecule is CC(C)c1cc(C(=O)NC2CCC(C)(C)C2)cc(N)n1. The fourth-order valence-corrected chi connectivity index (χ4v) is 2.83. The number of nitrogen functional groups attached to an aromatic ring is 1. The fourth-order valence-electron chi connectivity index (χ4n) is 2.83. The Labute approximate surface area is 121 Å². The first-order valence-corrected chi connectivity index (χ1v) is 7.35. The molecule has 4 nitrogen and oxygen atoms in total. The summed E-state index contributed by atoms with van der Waals surface area (Å²) >= 11 is 0. The molecule has 1 aliphatic rings. The van der Waals surface area contributed by atoms with Gasteiger partial charge in [-0.3, -0.25) is 4.79 Å². The molecule has 20 heavy (non-hydrogen) atoms. The number of aromatic nitrogens is 1. The summed E-state index contributed by atoms with van der Waals surface area (Å²) < 4.78 is 0. The van der Waals surface area contributed by atoms with Crippen molar-refractivity contribution >= 4 is 11.7 Å². The number of carbonyl (C=O) groups excluding carboxylic acids is 1. The van der Waals surface area contributed by atoms with Crippen LogP contribution in [-0.4, -0.2) is 16.9 Å². The first-order chi connectivity index (χ1) is 9.27. The van der Waals surface area contributed by atoms with Gasteiger partial charge in [-0.1, -0.05) is 27.7 Å². The van der Waals surface area contributed by atoms with Gasteiger partial charge in [0.2, 0.25) is 0 Å². The molecule has 1 amide bonds. The Kier molecular flexibility index (Phi) is 4.02. The highest BCUT2D eigenvalue weighted by molar-refractivity contribution is 5.95. The van der Waals surface area contributed by atoms with Crippen LogP contribution in [0.25, 0.3) is 0 Å². The normalized spacial score (nSPS) is 21.1. The summed E-state index contributed by atoms with van der Waals surface area (Å²) in [5.41, 5.74) is 7.61. The second-order valence-corrected chi connectivity index (χ2v) is 6.94. The maximum atomic E-state index is 12.3. The summed E-state index contributed by atoms with van der Waals surface area (Å²) in [5, 5.41) is 3.12. The molecule has 3 N–H and O–H groups in total. The third-order valence-electron chi connectivity index (χ3n) is 4.02. The molecule has 1 unspecified atom stereocenters. The number of carbonyl (C=O) groups is 1. The van der Waals surface area contributed by atoms with Crippen molar-refractivity contribution in [1.29, 1.82) is 0 Å². The highest BCUT2D eigenvalue weighted by atomic mass is 16.1. The Morgan fingerprint density at radius 2 is 2.15 bits per heavy atom. The molecule has 0 spiro atoms. The maximum absolute atomic E-state index is 12.3. The molecule has 1 heterocycles. The monoisotopic (exact) mass is 275 g/mol. The Morgan fingerprint density at radius 3 is 2.70 bits per heavy atom. The Balaban J connectivity index is 2.10. The van der Waals surface area contributed by atoms with Crippen molar-refractivity contribution in [2.45, 2.75) is 58.9 Å². The third-order valence-corrected chi connectivity index (χ3v) is 4.02. The Bertz CT molecular complexity index is 508. The number of hydrogen-bond donors (Lipinski definition) is 2. The smallest absolute Gasteiger partial charge is 0.251 e. The highest BCUT2D eigenvalue weighted by Crippen LogP contribution is 2.37. The van der Waals surface area contributed by atoms with Gasteiger partial charge in [-0.05, 0) is 42.7 Å². The summed E-state index contributed by atoms with van der Waals surface area (Å²) in [7, 11) is 0. The number of amides is 1. The number of anilines is 1. The van der Waals surface area contributed by atoms with E-state index in [4.69, 9.17) is 5.73 Å². The molecule has 0 saturated heterocycles. The molecule has 1 saturated carbocycles. The van der Waals surface area contributed by atoms with E-state index in [0.717, 1.165) is 25.0 Å². The van der Waals surface area contributed by atoms with Gasteiger partial charge in [0.25, 0.3) is 5.91 Å². The van der Waals surface area contributed by atoms with Crippen molar-refractivity contribution in [3.8, 4) is 0 Å². The lowest BCUT2D eigenvalue weighted by atomic mass is 9.92. The van der Waals surface area contributed by atoms with Crippen LogP contribution in [0.5, 0.6) is 0 Å². The second-order valence-electron chi connectivity index (χ2n) is 6.94. The molecule has 1 atom stereocenters. The summed E-state index contributed by atoms with van der Waals surface area (Å²) in [4.78, 5) is 16.6. The molecule has 1 aliphatic carbocycles. The molecule has 4 heteroatoms. The van der Waals surface area contributed by atoms with Gasteiger partial charge in [-0.2, -0.15) is 0 Å². The number of nitrogens with zero attached hydrogens (tertiary/aromatic N) is 1. The molecule has 1 aromatic heterocycles. The largest absolute Gasteiger partial charge is 0.384 e. The minimum Gasteiger partial charge on any atom is -0.384 e. The van der Waals surface area contributed by atoms with Gasteiger partial charge in [0.1, 0.15) is 5.82 Å². The van der Waals surface area contributed by atoms with Crippen molar-refractivity contribution in [3.63, 3.8) is 0 Å². The van der Waals surface area contributed by atoms with Crippen molar-refractivity contribution in [1.82, 2.24) is 10.3 Å². The van der Waals surface area contributed by atoms with E-state index in [-0.39, 0.29) is 17.9 Å². The highest BCUT2D eigenvalue weighted by Gasteiger charge is 2.31. The van der Waals surface area contributed by atoms with Crippen LogP contribution in [0.3, 0.4) is 0 Å². The van der Waals surface area contributed by atoms with Gasteiger partial charge in [0.15, 0.2) is 0 Å². The molecule has 2 rings (SSSR count). The number of nitrogens with two attached hydrogens (primary N) is 1. The predicted molar refractivity (Wildman–Crippen MR) is 81.6 cm³/mol. The van der Waals surface area contributed by atoms with Gasteiger partial charge in [-0.15, -0.1) is 0 Å². The second kappa shape index (κ2) is 5.43. The zero-order valence-electron chi connectivity index (χ0n) is 12.9. The summed E-state index contributed by atoms with van der Waals surface area (Å²) in [5.74, 6) is 0.632. The Morgan fingerprint density at radius 1 is 1.45 bits per heavy atom. The summed E-state index contributed by atoms with van der Waals surface area (Å²) in [6.07, 6.45) is 3.25. The van der Waals surface area contributed by atoms with E-state index in [1.165, 1.54) is 0 Å². The van der Waals surface area contributed by atoms with E-state index in [0.29, 0.717) is 16.8 Å². The number of nitrogens with one attached hydrogen (secondary N) is 1. The molecule has 0 radical (unpaired) electrons. The van der Waals surface area contributed by atoms with Gasteiger partial charge < -0.3 is 11.1 Å². The van der Waals surface area contributed by atoms with Crippen LogP contribution in [0.1, 0.15) is 68.9 Å². The zero-order chi connectivity index (χ0) is 14.9. The van der Waals surface area contributed by atoms with E-state index < -0.39 is 0 Å². The molecule has 0 aliphatic heterocycles. The van der Waals surface area contributed by atoms with Crippen molar-refractivity contribution < 1.29 is 4.79 Å². The number of hydrogen-bond acceptors (Lipinski definition) is 3. The van der Waals surface area contributed by atoms with Crippen LogP contribution in [0.4, 0.5) is 5.82 Å². The van der Waals surface area contributed by atoms with E-state index in [2.05, 4.69) is 24.1 Å². The summed E-state index contributed by atoms with van der Waals surface area (Å²) in [6, 6.07) is 3.77. The van der Waals surface area contributed by atoms with Crippen LogP contribution in [0, 0.1) is 5.41 Å². The van der Waals surface area contributed by atoms with E-state index in [1.54, 1.807) is 6.07 Å². The van der Waals surface area contributed by atoms with E-state index in [1.807, 2.05) is 19.9 Å². The van der Waals surface area contributed by atoms with Gasteiger partial charge in [0.05, 0.1) is 0 Å². The third kappa shape index (κ3) is 3.50. The van der Waals surface area contributed by atoms with Crippen molar-refractivity contribution in [2.75, 3.05) is 5.73 Å². The lowest BCUT2D eigenvalue weighted by Gasteiger charge is -2.18. The van der Waals surface area contributed by atoms with Crippen LogP contribution in [0.15, 0.2) is 12.1 Å². The first-order valence-electron chi connectivity index (χ1n) is 7.35. The topological polar surface area (TPSA) is 68.0 Å². The Hall–Kier alpha value is -1.58. The van der Waals surface area contributed by atoms with E-state index >= 15 is 0 Å². The molecule has 0 aromatic carbocycles. The minimum absolute atomic E-state index is 0.0382. The maximum Gasteiger partial charge on any atom is 0.251 e. The van der Waals surface area contributed by atoms with Gasteiger partial charge in [0, 0.05) is 17.3 Å². The van der Waals surface area contributed by atoms with Gasteiger partial charge >= 0.3 is 0 Å². The van der Waals surface area contributed by atoms with Crippen LogP contribution >= 0.6 is 0 Å². The molecule has 1 fully saturated rings. The molecule has 0 bridgehead atoms. The quantitative estimate of drug-likeness (QED) is 0.890. The van der Waals surface area contributed by atoms with Crippen LogP contribution in [-0.2, 0) is 0 Å². The lowest BCUT2D eigenvalue weighted by molar-refractivity contribution is 0.0936. The first kappa shape index (κ1) is 14.8. The van der Waals surface area contributed by atoms with Crippen molar-refractivity contribution in [3.05, 3.63) is 23.4 Å². The lowest BCUT2D eigenvalue weighted by Crippen LogP contribution is -2.33. The molecule has 110 valence electrons. The number of pyridine rings is 1. The number of rotatable bonds is 3. The molecule has 1 aromatic rings. The van der Waals surface area contributed by atoms with Crippen LogP contribution in [0.2, 0.25) is 0 Å². The van der Waals surface area contributed by atoms with Gasteiger partial charge in [-0.25, -0.2) is 4.98 Å². The summed E-state index contributed by atoms with van der Waals surface area (Å²) in [6.45, 7) is 8.59. The standard InChI is InChI=1S/C16H25N3O/c1-10(2)13-7-11(8-14(17)19-13)15(20)18-12-5-6-16(3,4)9-12/h7-8,10,12H,5-6,9H2,1-4H3,(H2,17,19)(H,18,20). The minimum atomic E-state index is -0.0382. The fraction of sp³-hybridized carbons (Fsp3) is 0.625.